The van der Waals surface area contributed by atoms with Crippen molar-refractivity contribution >= 4 is 22.6 Å². The Kier molecular flexibility index (Phi) is 6.55. The Labute approximate surface area is 200 Å². The first-order valence-corrected chi connectivity index (χ1v) is 11.4. The van der Waals surface area contributed by atoms with Crippen molar-refractivity contribution in [1.29, 1.82) is 0 Å². The SMILES string of the molecule is COc1ccc2c(C(=O)CCc3ccccc3)c(-c3ccccc3)n(CC(C)(C)C(N)=O)c2c1. The number of ketones is 1. The van der Waals surface area contributed by atoms with Gasteiger partial charge < -0.3 is 15.0 Å². The number of hydrogen-bond donors (Lipinski definition) is 1. The molecule has 2 N–H and O–H groups in total. The molecule has 4 rings (SSSR count). The lowest BCUT2D eigenvalue weighted by Crippen LogP contribution is -2.35. The van der Waals surface area contributed by atoms with E-state index in [2.05, 4.69) is 0 Å². The number of benzene rings is 3. The van der Waals surface area contributed by atoms with Crippen LogP contribution in [0.2, 0.25) is 0 Å². The standard InChI is InChI=1S/C29H30N2O3/c1-29(2,28(30)33)19-31-24-18-22(34-3)15-16-23(24)26(27(31)21-12-8-5-9-13-21)25(32)17-14-20-10-6-4-7-11-20/h4-13,15-16,18H,14,17,19H2,1-3H3,(H2,30,33). The molecule has 3 aromatic carbocycles. The van der Waals surface area contributed by atoms with Crippen molar-refractivity contribution in [1.82, 2.24) is 4.57 Å². The second-order valence-electron chi connectivity index (χ2n) is 9.22. The van der Waals surface area contributed by atoms with Crippen LogP contribution in [0.4, 0.5) is 0 Å². The van der Waals surface area contributed by atoms with E-state index in [1.807, 2.05) is 97.3 Å². The first-order valence-electron chi connectivity index (χ1n) is 11.4. The number of carbonyl (C=O) groups excluding carboxylic acids is 2. The molecule has 0 spiro atoms. The highest BCUT2D eigenvalue weighted by Crippen LogP contribution is 2.38. The minimum Gasteiger partial charge on any atom is -0.497 e. The number of carbonyl (C=O) groups is 2. The number of nitrogens with zero attached hydrogens (tertiary/aromatic N) is 1. The van der Waals surface area contributed by atoms with Gasteiger partial charge in [0.25, 0.3) is 0 Å². The van der Waals surface area contributed by atoms with Gasteiger partial charge in [0.1, 0.15) is 5.75 Å². The Bertz CT molecular complexity index is 1320. The smallest absolute Gasteiger partial charge is 0.224 e. The number of aryl methyl sites for hydroxylation is 1. The van der Waals surface area contributed by atoms with Crippen LogP contribution in [0.15, 0.2) is 78.9 Å². The number of methoxy groups -OCH3 is 1. The molecule has 0 bridgehead atoms. The highest BCUT2D eigenvalue weighted by Gasteiger charge is 2.31. The zero-order chi connectivity index (χ0) is 24.3. The van der Waals surface area contributed by atoms with Crippen LogP contribution in [0.25, 0.3) is 22.2 Å². The number of ether oxygens (including phenoxy) is 1. The Morgan fingerprint density at radius 3 is 2.21 bits per heavy atom. The van der Waals surface area contributed by atoms with Gasteiger partial charge in [0.2, 0.25) is 5.91 Å². The molecule has 5 heteroatoms. The average molecular weight is 455 g/mol. The zero-order valence-electron chi connectivity index (χ0n) is 19.9. The molecule has 0 unspecified atom stereocenters. The van der Waals surface area contributed by atoms with Gasteiger partial charge in [-0.1, -0.05) is 60.7 Å². The second kappa shape index (κ2) is 9.56. The van der Waals surface area contributed by atoms with Crippen molar-refractivity contribution < 1.29 is 14.3 Å². The van der Waals surface area contributed by atoms with Crippen molar-refractivity contribution in [3.63, 3.8) is 0 Å². The van der Waals surface area contributed by atoms with Crippen molar-refractivity contribution in [2.45, 2.75) is 33.2 Å². The molecule has 0 atom stereocenters. The molecule has 4 aromatic rings. The van der Waals surface area contributed by atoms with Crippen molar-refractivity contribution in [3.05, 3.63) is 90.0 Å². The summed E-state index contributed by atoms with van der Waals surface area (Å²) in [6, 6.07) is 25.6. The van der Waals surface area contributed by atoms with Crippen LogP contribution in [-0.4, -0.2) is 23.4 Å². The third-order valence-corrected chi connectivity index (χ3v) is 6.30. The number of fused-ring (bicyclic) bond motifs is 1. The summed E-state index contributed by atoms with van der Waals surface area (Å²) in [6.07, 6.45) is 1.04. The van der Waals surface area contributed by atoms with Crippen LogP contribution in [0.1, 0.15) is 36.2 Å². The molecule has 0 aliphatic rings. The van der Waals surface area contributed by atoms with E-state index in [1.165, 1.54) is 0 Å². The van der Waals surface area contributed by atoms with E-state index in [0.29, 0.717) is 30.7 Å². The molecule has 1 heterocycles. The molecule has 1 aromatic heterocycles. The largest absolute Gasteiger partial charge is 0.497 e. The summed E-state index contributed by atoms with van der Waals surface area (Å²) >= 11 is 0. The molecule has 0 aliphatic heterocycles. The maximum atomic E-state index is 13.8. The van der Waals surface area contributed by atoms with E-state index in [-0.39, 0.29) is 5.78 Å². The molecular formula is C29H30N2O3. The quantitative estimate of drug-likeness (QED) is 0.332. The van der Waals surface area contributed by atoms with Gasteiger partial charge in [0, 0.05) is 24.4 Å². The number of Topliss-reactive ketones (excluding diaryl/α,β-unsaturated/α-hetero) is 1. The first kappa shape index (κ1) is 23.3. The van der Waals surface area contributed by atoms with Crippen molar-refractivity contribution in [2.75, 3.05) is 7.11 Å². The lowest BCUT2D eigenvalue weighted by molar-refractivity contribution is -0.126. The Balaban J connectivity index is 1.92. The molecule has 34 heavy (non-hydrogen) atoms. The topological polar surface area (TPSA) is 74.3 Å². The van der Waals surface area contributed by atoms with E-state index in [0.717, 1.165) is 27.7 Å². The molecule has 0 aliphatic carbocycles. The van der Waals surface area contributed by atoms with Crippen LogP contribution in [0.5, 0.6) is 5.75 Å². The van der Waals surface area contributed by atoms with E-state index >= 15 is 0 Å². The molecule has 0 saturated heterocycles. The minimum atomic E-state index is -0.817. The molecule has 5 nitrogen and oxygen atoms in total. The number of primary amides is 1. The van der Waals surface area contributed by atoms with Gasteiger partial charge in [0.15, 0.2) is 5.78 Å². The van der Waals surface area contributed by atoms with Gasteiger partial charge >= 0.3 is 0 Å². The number of aromatic nitrogens is 1. The molecule has 174 valence electrons. The van der Waals surface area contributed by atoms with Gasteiger partial charge in [-0.15, -0.1) is 0 Å². The summed E-state index contributed by atoms with van der Waals surface area (Å²) in [5.74, 6) is 0.354. The van der Waals surface area contributed by atoms with Crippen LogP contribution in [0.3, 0.4) is 0 Å². The van der Waals surface area contributed by atoms with Gasteiger partial charge in [-0.3, -0.25) is 9.59 Å². The van der Waals surface area contributed by atoms with Crippen molar-refractivity contribution in [3.8, 4) is 17.0 Å². The first-order chi connectivity index (χ1) is 16.3. The second-order valence-corrected chi connectivity index (χ2v) is 9.22. The normalized spacial score (nSPS) is 11.5. The van der Waals surface area contributed by atoms with Gasteiger partial charge in [0.05, 0.1) is 29.3 Å². The van der Waals surface area contributed by atoms with Gasteiger partial charge in [-0.2, -0.15) is 0 Å². The number of amides is 1. The lowest BCUT2D eigenvalue weighted by Gasteiger charge is -2.24. The third-order valence-electron chi connectivity index (χ3n) is 6.30. The number of nitrogens with two attached hydrogens (primary N) is 1. The number of hydrogen-bond acceptors (Lipinski definition) is 3. The fourth-order valence-electron chi connectivity index (χ4n) is 4.30. The molecule has 0 fully saturated rings. The predicted octanol–water partition coefficient (Wildman–Crippen LogP) is 5.64. The lowest BCUT2D eigenvalue weighted by atomic mass is 9.92. The Morgan fingerprint density at radius 2 is 1.59 bits per heavy atom. The fraction of sp³-hybridized carbons (Fsp3) is 0.241. The third kappa shape index (κ3) is 4.60. The predicted molar refractivity (Wildman–Crippen MR) is 136 cm³/mol. The summed E-state index contributed by atoms with van der Waals surface area (Å²) < 4.78 is 7.53. The van der Waals surface area contributed by atoms with Crippen molar-refractivity contribution in [2.24, 2.45) is 11.1 Å². The van der Waals surface area contributed by atoms with E-state index in [9.17, 15) is 9.59 Å². The average Bonchev–Trinajstić information content (AvgIpc) is 3.16. The minimum absolute atomic E-state index is 0.0634. The maximum Gasteiger partial charge on any atom is 0.224 e. The molecule has 0 saturated carbocycles. The summed E-state index contributed by atoms with van der Waals surface area (Å²) in [7, 11) is 1.62. The molecule has 1 amide bonds. The molecular weight excluding hydrogens is 424 g/mol. The van der Waals surface area contributed by atoms with E-state index < -0.39 is 11.3 Å². The van der Waals surface area contributed by atoms with Crippen LogP contribution in [-0.2, 0) is 17.8 Å². The number of rotatable bonds is 9. The maximum absolute atomic E-state index is 13.8. The van der Waals surface area contributed by atoms with Crippen LogP contribution < -0.4 is 10.5 Å². The molecule has 0 radical (unpaired) electrons. The van der Waals surface area contributed by atoms with E-state index in [1.54, 1.807) is 7.11 Å². The monoisotopic (exact) mass is 454 g/mol. The van der Waals surface area contributed by atoms with Gasteiger partial charge in [-0.25, -0.2) is 0 Å². The Hall–Kier alpha value is -3.86. The van der Waals surface area contributed by atoms with Crippen LogP contribution >= 0.6 is 0 Å². The zero-order valence-corrected chi connectivity index (χ0v) is 19.9. The summed E-state index contributed by atoms with van der Waals surface area (Å²) in [5, 5.41) is 0.845. The fourth-order valence-corrected chi connectivity index (χ4v) is 4.30. The van der Waals surface area contributed by atoms with Gasteiger partial charge in [-0.05, 0) is 43.5 Å². The highest BCUT2D eigenvalue weighted by atomic mass is 16.5. The van der Waals surface area contributed by atoms with E-state index in [4.69, 9.17) is 10.5 Å². The Morgan fingerprint density at radius 1 is 0.941 bits per heavy atom. The summed E-state index contributed by atoms with van der Waals surface area (Å²) in [5.41, 5.74) is 9.28. The summed E-state index contributed by atoms with van der Waals surface area (Å²) in [4.78, 5) is 26.0. The summed E-state index contributed by atoms with van der Waals surface area (Å²) in [6.45, 7) is 3.99. The highest BCUT2D eigenvalue weighted by molar-refractivity contribution is 6.14. The van der Waals surface area contributed by atoms with Crippen LogP contribution in [0, 0.1) is 5.41 Å².